The highest BCUT2D eigenvalue weighted by molar-refractivity contribution is 9.10. The monoisotopic (exact) mass is 348 g/mol. The molecule has 0 saturated heterocycles. The molecule has 0 spiro atoms. The third kappa shape index (κ3) is 2.85. The normalized spacial score (nSPS) is 14.1. The minimum absolute atomic E-state index is 0.146. The minimum atomic E-state index is 0.146. The molecule has 0 atom stereocenters. The van der Waals surface area contributed by atoms with E-state index >= 15 is 0 Å². The van der Waals surface area contributed by atoms with Gasteiger partial charge in [-0.25, -0.2) is 0 Å². The molecular formula is C15H17BrN4O. The van der Waals surface area contributed by atoms with E-state index in [4.69, 9.17) is 0 Å². The Hall–Kier alpha value is -1.69. The van der Waals surface area contributed by atoms with Gasteiger partial charge in [-0.05, 0) is 37.0 Å². The standard InChI is InChI=1S/C15H17BrN4O/c1-11-4-5-13(16)12-3-2-8-20(15(11)12)14(21)6-9-19-10-7-17-18-19/h4-5,7,10H,2-3,6,8-9H2,1H3. The van der Waals surface area contributed by atoms with Gasteiger partial charge >= 0.3 is 0 Å². The van der Waals surface area contributed by atoms with Crippen LogP contribution in [0.15, 0.2) is 29.0 Å². The summed E-state index contributed by atoms with van der Waals surface area (Å²) in [5.74, 6) is 0.146. The predicted molar refractivity (Wildman–Crippen MR) is 84.2 cm³/mol. The van der Waals surface area contributed by atoms with Crippen LogP contribution in [-0.2, 0) is 17.8 Å². The number of benzene rings is 1. The number of anilines is 1. The SMILES string of the molecule is Cc1ccc(Br)c2c1N(C(=O)CCn1ccnn1)CCC2. The lowest BCUT2D eigenvalue weighted by atomic mass is 9.98. The lowest BCUT2D eigenvalue weighted by Gasteiger charge is -2.32. The van der Waals surface area contributed by atoms with E-state index in [-0.39, 0.29) is 5.91 Å². The molecule has 21 heavy (non-hydrogen) atoms. The van der Waals surface area contributed by atoms with Gasteiger partial charge in [0, 0.05) is 23.6 Å². The zero-order chi connectivity index (χ0) is 14.8. The number of fused-ring (bicyclic) bond motifs is 1. The van der Waals surface area contributed by atoms with Gasteiger partial charge in [0.15, 0.2) is 0 Å². The van der Waals surface area contributed by atoms with Gasteiger partial charge in [-0.1, -0.05) is 27.2 Å². The minimum Gasteiger partial charge on any atom is -0.312 e. The highest BCUT2D eigenvalue weighted by Gasteiger charge is 2.25. The van der Waals surface area contributed by atoms with Gasteiger partial charge in [0.1, 0.15) is 0 Å². The Morgan fingerprint density at radius 2 is 2.29 bits per heavy atom. The van der Waals surface area contributed by atoms with Crippen molar-refractivity contribution >= 4 is 27.5 Å². The summed E-state index contributed by atoms with van der Waals surface area (Å²) in [4.78, 5) is 14.5. The van der Waals surface area contributed by atoms with E-state index in [1.165, 1.54) is 5.56 Å². The molecule has 0 N–H and O–H groups in total. The van der Waals surface area contributed by atoms with Crippen LogP contribution in [0.2, 0.25) is 0 Å². The number of hydrogen-bond acceptors (Lipinski definition) is 3. The molecule has 6 heteroatoms. The fourth-order valence-corrected chi connectivity index (χ4v) is 3.33. The summed E-state index contributed by atoms with van der Waals surface area (Å²) >= 11 is 3.60. The van der Waals surface area contributed by atoms with Gasteiger partial charge in [0.2, 0.25) is 5.91 Å². The summed E-state index contributed by atoms with van der Waals surface area (Å²) in [5, 5.41) is 7.65. The number of halogens is 1. The first-order valence-corrected chi connectivity index (χ1v) is 7.88. The number of hydrogen-bond donors (Lipinski definition) is 0. The van der Waals surface area contributed by atoms with Crippen molar-refractivity contribution in [1.82, 2.24) is 15.0 Å². The molecule has 3 rings (SSSR count). The smallest absolute Gasteiger partial charge is 0.228 e. The molecule has 1 aliphatic rings. The Morgan fingerprint density at radius 3 is 3.05 bits per heavy atom. The summed E-state index contributed by atoms with van der Waals surface area (Å²) in [7, 11) is 0. The van der Waals surface area contributed by atoms with E-state index < -0.39 is 0 Å². The van der Waals surface area contributed by atoms with Gasteiger partial charge in [-0.15, -0.1) is 5.10 Å². The molecule has 1 aromatic carbocycles. The lowest BCUT2D eigenvalue weighted by Crippen LogP contribution is -2.36. The number of rotatable bonds is 3. The summed E-state index contributed by atoms with van der Waals surface area (Å²) in [6.07, 6.45) is 5.87. The van der Waals surface area contributed by atoms with Crippen LogP contribution < -0.4 is 4.90 Å². The van der Waals surface area contributed by atoms with E-state index in [9.17, 15) is 4.79 Å². The van der Waals surface area contributed by atoms with Crippen molar-refractivity contribution < 1.29 is 4.79 Å². The quantitative estimate of drug-likeness (QED) is 0.856. The third-order valence-corrected chi connectivity index (χ3v) is 4.58. The molecule has 2 aromatic rings. The maximum absolute atomic E-state index is 12.6. The van der Waals surface area contributed by atoms with E-state index in [2.05, 4.69) is 45.3 Å². The van der Waals surface area contributed by atoms with E-state index in [0.717, 1.165) is 35.1 Å². The van der Waals surface area contributed by atoms with E-state index in [1.807, 2.05) is 4.90 Å². The molecule has 0 bridgehead atoms. The first-order valence-electron chi connectivity index (χ1n) is 7.09. The first-order chi connectivity index (χ1) is 10.2. The molecule has 0 saturated carbocycles. The molecule has 0 fully saturated rings. The van der Waals surface area contributed by atoms with Crippen LogP contribution in [0.5, 0.6) is 0 Å². The van der Waals surface area contributed by atoms with Crippen molar-refractivity contribution in [2.45, 2.75) is 32.7 Å². The number of nitrogens with zero attached hydrogens (tertiary/aromatic N) is 4. The van der Waals surface area contributed by atoms with E-state index in [1.54, 1.807) is 17.1 Å². The molecule has 1 aromatic heterocycles. The van der Waals surface area contributed by atoms with Crippen molar-refractivity contribution in [3.8, 4) is 0 Å². The zero-order valence-electron chi connectivity index (χ0n) is 11.9. The molecule has 0 unspecified atom stereocenters. The third-order valence-electron chi connectivity index (χ3n) is 3.83. The van der Waals surface area contributed by atoms with Gasteiger partial charge in [-0.2, -0.15) is 0 Å². The molecule has 1 aliphatic heterocycles. The summed E-state index contributed by atoms with van der Waals surface area (Å²) in [5.41, 5.74) is 3.48. The maximum atomic E-state index is 12.6. The highest BCUT2D eigenvalue weighted by atomic mass is 79.9. The number of aryl methyl sites for hydroxylation is 2. The van der Waals surface area contributed by atoms with E-state index in [0.29, 0.717) is 13.0 Å². The molecular weight excluding hydrogens is 332 g/mol. The Labute approximate surface area is 132 Å². The van der Waals surface area contributed by atoms with Gasteiger partial charge in [0.25, 0.3) is 0 Å². The maximum Gasteiger partial charge on any atom is 0.228 e. The topological polar surface area (TPSA) is 51.0 Å². The predicted octanol–water partition coefficient (Wildman–Crippen LogP) is 2.72. The molecule has 2 heterocycles. The lowest BCUT2D eigenvalue weighted by molar-refractivity contribution is -0.119. The second-order valence-corrected chi connectivity index (χ2v) is 6.11. The molecule has 110 valence electrons. The Morgan fingerprint density at radius 1 is 1.43 bits per heavy atom. The van der Waals surface area contributed by atoms with Crippen molar-refractivity contribution in [3.63, 3.8) is 0 Å². The van der Waals surface area contributed by atoms with Crippen LogP contribution in [0.1, 0.15) is 24.0 Å². The molecule has 5 nitrogen and oxygen atoms in total. The van der Waals surface area contributed by atoms with Crippen LogP contribution in [-0.4, -0.2) is 27.4 Å². The van der Waals surface area contributed by atoms with Gasteiger partial charge in [0.05, 0.1) is 18.4 Å². The van der Waals surface area contributed by atoms with Gasteiger partial charge < -0.3 is 4.90 Å². The van der Waals surface area contributed by atoms with Crippen LogP contribution in [0.3, 0.4) is 0 Å². The Balaban J connectivity index is 1.81. The summed E-state index contributed by atoms with van der Waals surface area (Å²) in [6, 6.07) is 4.13. The molecule has 1 amide bonds. The number of aromatic nitrogens is 3. The van der Waals surface area contributed by atoms with Crippen LogP contribution in [0, 0.1) is 6.92 Å². The highest BCUT2D eigenvalue weighted by Crippen LogP contribution is 2.36. The number of carbonyl (C=O) groups is 1. The Kier molecular flexibility index (Phi) is 4.05. The summed E-state index contributed by atoms with van der Waals surface area (Å²) in [6.45, 7) is 3.42. The van der Waals surface area contributed by atoms with Crippen LogP contribution in [0.25, 0.3) is 0 Å². The number of carbonyl (C=O) groups excluding carboxylic acids is 1. The fraction of sp³-hybridized carbons (Fsp3) is 0.400. The number of amides is 1. The van der Waals surface area contributed by atoms with Crippen molar-refractivity contribution in [2.75, 3.05) is 11.4 Å². The Bertz CT molecular complexity index is 654. The second kappa shape index (κ2) is 5.97. The summed E-state index contributed by atoms with van der Waals surface area (Å²) < 4.78 is 2.79. The average Bonchev–Trinajstić information content (AvgIpc) is 3.01. The van der Waals surface area contributed by atoms with Gasteiger partial charge in [-0.3, -0.25) is 9.48 Å². The van der Waals surface area contributed by atoms with Crippen LogP contribution in [0.4, 0.5) is 5.69 Å². The first kappa shape index (κ1) is 14.3. The van der Waals surface area contributed by atoms with Crippen molar-refractivity contribution in [2.24, 2.45) is 0 Å². The van der Waals surface area contributed by atoms with Crippen molar-refractivity contribution in [1.29, 1.82) is 0 Å². The average molecular weight is 349 g/mol. The fourth-order valence-electron chi connectivity index (χ4n) is 2.81. The zero-order valence-corrected chi connectivity index (χ0v) is 13.5. The largest absolute Gasteiger partial charge is 0.312 e. The van der Waals surface area contributed by atoms with Crippen molar-refractivity contribution in [3.05, 3.63) is 40.1 Å². The second-order valence-electron chi connectivity index (χ2n) is 5.26. The molecule has 0 aliphatic carbocycles. The van der Waals surface area contributed by atoms with Crippen LogP contribution >= 0.6 is 15.9 Å². The molecule has 0 radical (unpaired) electrons.